The maximum absolute atomic E-state index is 10.3. The van der Waals surface area contributed by atoms with Gasteiger partial charge in [-0.25, -0.2) is 0 Å². The third-order valence-electron chi connectivity index (χ3n) is 0.819. The van der Waals surface area contributed by atoms with Crippen LogP contribution in [0.4, 0.5) is 0 Å². The summed E-state index contributed by atoms with van der Waals surface area (Å²) in [6.07, 6.45) is 1.33. The maximum atomic E-state index is 10.3. The highest BCUT2D eigenvalue weighted by Crippen LogP contribution is 1.84. The summed E-state index contributed by atoms with van der Waals surface area (Å²) in [7, 11) is -2.36. The van der Waals surface area contributed by atoms with Gasteiger partial charge in [-0.15, -0.1) is 0 Å². The van der Waals surface area contributed by atoms with Crippen molar-refractivity contribution in [2.45, 2.75) is 6.92 Å². The van der Waals surface area contributed by atoms with Gasteiger partial charge in [-0.1, -0.05) is 6.08 Å². The molecule has 0 bridgehead atoms. The van der Waals surface area contributed by atoms with Crippen molar-refractivity contribution in [3.63, 3.8) is 0 Å². The largest absolute Gasteiger partial charge is 0.366 e. The van der Waals surface area contributed by atoms with Crippen molar-refractivity contribution in [3.05, 3.63) is 11.6 Å². The van der Waals surface area contributed by atoms with Crippen molar-refractivity contribution in [1.82, 2.24) is 0 Å². The Kier molecular flexibility index (Phi) is 3.42. The molecule has 0 radical (unpaired) electrons. The van der Waals surface area contributed by atoms with E-state index in [1.807, 2.05) is 0 Å². The van der Waals surface area contributed by atoms with Crippen LogP contribution in [0.25, 0.3) is 0 Å². The van der Waals surface area contributed by atoms with Gasteiger partial charge in [-0.05, 0) is 6.92 Å². The van der Waals surface area contributed by atoms with Gasteiger partial charge in [0.05, 0.1) is 10.9 Å². The molecule has 0 aliphatic heterocycles. The molecule has 1 amide bonds. The molecule has 0 aliphatic rings. The summed E-state index contributed by atoms with van der Waals surface area (Å²) in [5.41, 5.74) is 4.78. The third-order valence-corrected chi connectivity index (χ3v) is 1.27. The SMILES string of the molecule is CC=C(C=S(=O)=O)C(N)=O. The van der Waals surface area contributed by atoms with E-state index >= 15 is 0 Å². The zero-order chi connectivity index (χ0) is 8.15. The minimum Gasteiger partial charge on any atom is -0.366 e. The van der Waals surface area contributed by atoms with Crippen molar-refractivity contribution < 1.29 is 13.2 Å². The van der Waals surface area contributed by atoms with Gasteiger partial charge in [0.2, 0.25) is 16.2 Å². The minimum atomic E-state index is -2.36. The van der Waals surface area contributed by atoms with Gasteiger partial charge >= 0.3 is 0 Å². The second kappa shape index (κ2) is 3.84. The molecular formula is C5H7NO3S. The van der Waals surface area contributed by atoms with E-state index in [0.29, 0.717) is 0 Å². The van der Waals surface area contributed by atoms with Crippen LogP contribution >= 0.6 is 0 Å². The van der Waals surface area contributed by atoms with E-state index in [4.69, 9.17) is 5.73 Å². The predicted molar refractivity (Wildman–Crippen MR) is 37.9 cm³/mol. The Morgan fingerprint density at radius 3 is 2.10 bits per heavy atom. The third kappa shape index (κ3) is 3.03. The molecule has 5 heteroatoms. The first-order chi connectivity index (χ1) is 4.57. The van der Waals surface area contributed by atoms with Crippen LogP contribution in [-0.4, -0.2) is 19.7 Å². The number of nitrogens with two attached hydrogens (primary N) is 1. The quantitative estimate of drug-likeness (QED) is 0.421. The molecule has 0 unspecified atom stereocenters. The van der Waals surface area contributed by atoms with Crippen LogP contribution in [0.5, 0.6) is 0 Å². The van der Waals surface area contributed by atoms with E-state index in [1.54, 1.807) is 0 Å². The number of carbonyl (C=O) groups is 1. The molecule has 0 saturated heterocycles. The lowest BCUT2D eigenvalue weighted by atomic mass is 10.3. The minimum absolute atomic E-state index is 0.00617. The Morgan fingerprint density at radius 2 is 2.00 bits per heavy atom. The number of amides is 1. The lowest BCUT2D eigenvalue weighted by molar-refractivity contribution is -0.114. The average molecular weight is 161 g/mol. The van der Waals surface area contributed by atoms with E-state index in [2.05, 4.69) is 0 Å². The molecule has 0 aliphatic carbocycles. The van der Waals surface area contributed by atoms with E-state index in [-0.39, 0.29) is 5.57 Å². The molecule has 0 heterocycles. The van der Waals surface area contributed by atoms with Crippen LogP contribution in [0, 0.1) is 0 Å². The lowest BCUT2D eigenvalue weighted by Gasteiger charge is -1.86. The molecule has 56 valence electrons. The van der Waals surface area contributed by atoms with Crippen molar-refractivity contribution in [1.29, 1.82) is 0 Å². The molecule has 0 fully saturated rings. The molecule has 10 heavy (non-hydrogen) atoms. The van der Waals surface area contributed by atoms with Crippen LogP contribution in [0.15, 0.2) is 11.6 Å². The summed E-state index contributed by atoms with van der Waals surface area (Å²) in [5, 5.41) is 0.766. The van der Waals surface area contributed by atoms with Gasteiger partial charge in [-0.2, -0.15) is 8.42 Å². The number of rotatable bonds is 2. The number of hydrogen-bond donors (Lipinski definition) is 1. The second-order valence-corrected chi connectivity index (χ2v) is 2.24. The first kappa shape index (κ1) is 8.90. The Balaban J connectivity index is 4.76. The first-order valence-electron chi connectivity index (χ1n) is 2.47. The van der Waals surface area contributed by atoms with Crippen molar-refractivity contribution >= 4 is 21.6 Å². The summed E-state index contributed by atoms with van der Waals surface area (Å²) in [5.74, 6) is -0.744. The van der Waals surface area contributed by atoms with Crippen molar-refractivity contribution in [2.75, 3.05) is 0 Å². The normalized spacial score (nSPS) is 10.7. The monoisotopic (exact) mass is 161 g/mol. The molecule has 0 aromatic heterocycles. The Hall–Kier alpha value is -1.10. The first-order valence-corrected chi connectivity index (χ1v) is 3.60. The smallest absolute Gasteiger partial charge is 0.249 e. The summed E-state index contributed by atoms with van der Waals surface area (Å²) in [6, 6.07) is 0. The van der Waals surface area contributed by atoms with Gasteiger partial charge in [0.15, 0.2) is 0 Å². The fraction of sp³-hybridized carbons (Fsp3) is 0.200. The molecule has 0 aromatic carbocycles. The summed E-state index contributed by atoms with van der Waals surface area (Å²) in [4.78, 5) is 10.3. The van der Waals surface area contributed by atoms with Crippen LogP contribution in [-0.2, 0) is 15.1 Å². The average Bonchev–Trinajstić information content (AvgIpc) is 1.81. The second-order valence-electron chi connectivity index (χ2n) is 1.49. The number of carbonyl (C=O) groups excluding carboxylic acids is 1. The van der Waals surface area contributed by atoms with E-state index in [9.17, 15) is 13.2 Å². The summed E-state index contributed by atoms with van der Waals surface area (Å²) < 4.78 is 19.9. The van der Waals surface area contributed by atoms with Crippen LogP contribution in [0.2, 0.25) is 0 Å². The Morgan fingerprint density at radius 1 is 1.50 bits per heavy atom. The Labute approximate surface area is 59.9 Å². The van der Waals surface area contributed by atoms with Crippen LogP contribution in [0.3, 0.4) is 0 Å². The zero-order valence-electron chi connectivity index (χ0n) is 5.37. The summed E-state index contributed by atoms with van der Waals surface area (Å²) in [6.45, 7) is 1.53. The van der Waals surface area contributed by atoms with E-state index in [1.165, 1.54) is 13.0 Å². The predicted octanol–water partition coefficient (Wildman–Crippen LogP) is -0.901. The Bertz CT molecular complexity index is 278. The highest BCUT2D eigenvalue weighted by Gasteiger charge is 1.97. The van der Waals surface area contributed by atoms with E-state index in [0.717, 1.165) is 5.37 Å². The molecule has 0 aromatic rings. The molecule has 0 rings (SSSR count). The molecule has 2 N–H and O–H groups in total. The highest BCUT2D eigenvalue weighted by atomic mass is 32.2. The van der Waals surface area contributed by atoms with Gasteiger partial charge < -0.3 is 5.73 Å². The molecule has 4 nitrogen and oxygen atoms in total. The number of primary amides is 1. The zero-order valence-corrected chi connectivity index (χ0v) is 6.18. The number of allylic oxidation sites excluding steroid dienone is 1. The number of hydrogen-bond acceptors (Lipinski definition) is 3. The molecule has 0 atom stereocenters. The van der Waals surface area contributed by atoms with Gasteiger partial charge in [0.25, 0.3) is 0 Å². The summed E-state index contributed by atoms with van der Waals surface area (Å²) >= 11 is 0. The van der Waals surface area contributed by atoms with E-state index < -0.39 is 16.2 Å². The highest BCUT2D eigenvalue weighted by molar-refractivity contribution is 7.71. The van der Waals surface area contributed by atoms with Crippen LogP contribution in [0.1, 0.15) is 6.92 Å². The standard InChI is InChI=1S/C5H7NO3S/c1-2-4(5(6)7)3-10(8)9/h2-3H,1H3,(H2,6,7). The van der Waals surface area contributed by atoms with Gasteiger partial charge in [-0.3, -0.25) is 4.79 Å². The van der Waals surface area contributed by atoms with Gasteiger partial charge in [0, 0.05) is 0 Å². The van der Waals surface area contributed by atoms with Gasteiger partial charge in [0.1, 0.15) is 0 Å². The van der Waals surface area contributed by atoms with Crippen molar-refractivity contribution in [2.24, 2.45) is 5.73 Å². The molecule has 0 spiro atoms. The topological polar surface area (TPSA) is 77.2 Å². The molecule has 0 saturated carbocycles. The lowest BCUT2D eigenvalue weighted by Crippen LogP contribution is -2.14. The van der Waals surface area contributed by atoms with Crippen LogP contribution < -0.4 is 5.73 Å². The molecular weight excluding hydrogens is 154 g/mol. The fourth-order valence-corrected chi connectivity index (χ4v) is 0.832. The maximum Gasteiger partial charge on any atom is 0.249 e. The van der Waals surface area contributed by atoms with Crippen molar-refractivity contribution in [3.8, 4) is 0 Å². The fourth-order valence-electron chi connectivity index (χ4n) is 0.372.